The number of aromatic hydroxyl groups is 1. The van der Waals surface area contributed by atoms with Crippen LogP contribution in [-0.2, 0) is 0 Å². The number of rotatable bonds is 3. The average molecular weight is 378 g/mol. The van der Waals surface area contributed by atoms with Crippen molar-refractivity contribution >= 4 is 27.9 Å². The predicted molar refractivity (Wildman–Crippen MR) is 99.7 cm³/mol. The molecule has 25 heavy (non-hydrogen) atoms. The molecule has 0 aliphatic carbocycles. The zero-order valence-electron chi connectivity index (χ0n) is 14.4. The summed E-state index contributed by atoms with van der Waals surface area (Å²) in [6, 6.07) is 8.04. The van der Waals surface area contributed by atoms with Gasteiger partial charge in [0, 0.05) is 16.5 Å². The van der Waals surface area contributed by atoms with Gasteiger partial charge in [-0.05, 0) is 31.9 Å². The number of thiazole rings is 1. The van der Waals surface area contributed by atoms with E-state index in [0.29, 0.717) is 11.7 Å². The Balaban J connectivity index is 1.83. The van der Waals surface area contributed by atoms with Crippen molar-refractivity contribution in [1.29, 1.82) is 0 Å². The van der Waals surface area contributed by atoms with Crippen LogP contribution in [0.1, 0.15) is 42.1 Å². The molecule has 1 aliphatic rings. The van der Waals surface area contributed by atoms with Crippen molar-refractivity contribution in [2.75, 3.05) is 13.1 Å². The lowest BCUT2D eigenvalue weighted by Crippen LogP contribution is -3.13. The fourth-order valence-corrected chi connectivity index (χ4v) is 5.27. The number of fused-ring (bicyclic) bond motifs is 1. The van der Waals surface area contributed by atoms with Crippen LogP contribution in [-0.4, -0.2) is 32.8 Å². The summed E-state index contributed by atoms with van der Waals surface area (Å²) in [7, 11) is 0. The zero-order chi connectivity index (χ0) is 17.6. The second kappa shape index (κ2) is 6.59. The predicted octanol–water partition coefficient (Wildman–Crippen LogP) is 2.86. The number of nitrogens with zero attached hydrogens (tertiary/aromatic N) is 3. The van der Waals surface area contributed by atoms with Crippen molar-refractivity contribution in [3.63, 3.8) is 0 Å². The summed E-state index contributed by atoms with van der Waals surface area (Å²) in [5.41, 5.74) is 1.13. The topological polar surface area (TPSA) is 54.9 Å². The van der Waals surface area contributed by atoms with Gasteiger partial charge in [0.15, 0.2) is 6.04 Å². The first-order chi connectivity index (χ1) is 12.0. The first-order valence-corrected chi connectivity index (χ1v) is 9.87. The highest BCUT2D eigenvalue weighted by molar-refractivity contribution is 7.17. The van der Waals surface area contributed by atoms with E-state index in [1.807, 2.05) is 25.1 Å². The van der Waals surface area contributed by atoms with Crippen LogP contribution in [0.4, 0.5) is 0 Å². The second-order valence-electron chi connectivity index (χ2n) is 6.99. The number of hydrogen-bond acceptors (Lipinski definition) is 4. The lowest BCUT2D eigenvalue weighted by molar-refractivity contribution is -0.933. The number of hydrogen-bond donors (Lipinski definition) is 2. The number of benzene rings is 1. The molecule has 3 aromatic rings. The fourth-order valence-electron chi connectivity index (χ4n) is 3.89. The number of halogens is 1. The van der Waals surface area contributed by atoms with Crippen LogP contribution in [0.5, 0.6) is 5.88 Å². The third-order valence-electron chi connectivity index (χ3n) is 4.96. The molecule has 1 aromatic carbocycles. The average Bonchev–Trinajstić information content (AvgIpc) is 3.06. The lowest BCUT2D eigenvalue weighted by atomic mass is 9.95. The third kappa shape index (κ3) is 3.14. The maximum Gasteiger partial charge on any atom is 0.235 e. The first-order valence-electron chi connectivity index (χ1n) is 8.68. The minimum atomic E-state index is 0.0512. The van der Waals surface area contributed by atoms with E-state index in [0.717, 1.165) is 33.5 Å². The van der Waals surface area contributed by atoms with Gasteiger partial charge in [0.2, 0.25) is 10.8 Å². The van der Waals surface area contributed by atoms with Crippen LogP contribution in [0, 0.1) is 12.8 Å². The first kappa shape index (κ1) is 16.8. The van der Waals surface area contributed by atoms with E-state index in [1.165, 1.54) is 29.1 Å². The monoisotopic (exact) mass is 377 g/mol. The van der Waals surface area contributed by atoms with Crippen LogP contribution in [0.3, 0.4) is 0 Å². The van der Waals surface area contributed by atoms with E-state index in [2.05, 4.69) is 23.1 Å². The number of nitrogens with one attached hydrogen (secondary N) is 1. The second-order valence-corrected chi connectivity index (χ2v) is 8.44. The molecule has 0 bridgehead atoms. The van der Waals surface area contributed by atoms with E-state index in [-0.39, 0.29) is 11.9 Å². The molecule has 132 valence electrons. The largest absolute Gasteiger partial charge is 0.492 e. The van der Waals surface area contributed by atoms with Gasteiger partial charge in [-0.15, -0.1) is 5.10 Å². The molecule has 1 aliphatic heterocycles. The summed E-state index contributed by atoms with van der Waals surface area (Å²) in [5.74, 6) is 1.56. The molecule has 3 heterocycles. The van der Waals surface area contributed by atoms with Crippen LogP contribution in [0.2, 0.25) is 5.02 Å². The van der Waals surface area contributed by atoms with Gasteiger partial charge < -0.3 is 10.0 Å². The Labute approximate surface area is 155 Å². The Bertz CT molecular complexity index is 906. The minimum Gasteiger partial charge on any atom is -0.492 e. The molecule has 4 rings (SSSR count). The zero-order valence-corrected chi connectivity index (χ0v) is 15.9. The normalized spacial score (nSPS) is 22.4. The molecule has 0 radical (unpaired) electrons. The summed E-state index contributed by atoms with van der Waals surface area (Å²) in [5, 5.41) is 15.9. The quantitative estimate of drug-likeness (QED) is 0.738. The number of likely N-dealkylation sites (tertiary alicyclic amines) is 1. The van der Waals surface area contributed by atoms with E-state index >= 15 is 0 Å². The van der Waals surface area contributed by atoms with Crippen molar-refractivity contribution in [3.8, 4) is 5.88 Å². The van der Waals surface area contributed by atoms with E-state index in [1.54, 1.807) is 4.52 Å². The summed E-state index contributed by atoms with van der Waals surface area (Å²) >= 11 is 7.79. The van der Waals surface area contributed by atoms with E-state index in [9.17, 15) is 5.11 Å². The Morgan fingerprint density at radius 2 is 2.28 bits per heavy atom. The third-order valence-corrected chi connectivity index (χ3v) is 6.28. The highest BCUT2D eigenvalue weighted by Crippen LogP contribution is 2.35. The highest BCUT2D eigenvalue weighted by Gasteiger charge is 2.35. The van der Waals surface area contributed by atoms with Crippen LogP contribution in [0.15, 0.2) is 24.3 Å². The molecule has 5 nitrogen and oxygen atoms in total. The molecule has 7 heteroatoms. The Hall–Kier alpha value is -1.63. The van der Waals surface area contributed by atoms with E-state index < -0.39 is 0 Å². The summed E-state index contributed by atoms with van der Waals surface area (Å²) < 4.78 is 1.56. The molecule has 3 atom stereocenters. The number of aromatic nitrogens is 3. The summed E-state index contributed by atoms with van der Waals surface area (Å²) in [4.78, 5) is 7.55. The number of aryl methyl sites for hydroxylation is 1. The van der Waals surface area contributed by atoms with Crippen LogP contribution in [0.25, 0.3) is 4.96 Å². The fraction of sp³-hybridized carbons (Fsp3) is 0.444. The van der Waals surface area contributed by atoms with Crippen molar-refractivity contribution < 1.29 is 10.0 Å². The Morgan fingerprint density at radius 1 is 1.44 bits per heavy atom. The number of piperidine rings is 1. The maximum absolute atomic E-state index is 10.8. The van der Waals surface area contributed by atoms with Crippen LogP contribution >= 0.6 is 22.9 Å². The van der Waals surface area contributed by atoms with Gasteiger partial charge in [0.05, 0.1) is 13.1 Å². The van der Waals surface area contributed by atoms with Gasteiger partial charge in [0.25, 0.3) is 0 Å². The van der Waals surface area contributed by atoms with Crippen molar-refractivity contribution in [3.05, 3.63) is 45.6 Å². The molecule has 1 saturated heterocycles. The molecular weight excluding hydrogens is 356 g/mol. The van der Waals surface area contributed by atoms with Crippen molar-refractivity contribution in [2.24, 2.45) is 5.92 Å². The standard InChI is InChI=1S/C18H21ClN4OS/c1-11-5-4-8-22(10-11)15(13-6-3-7-14(19)9-13)16-17(24)23-18(25-16)20-12(2)21-23/h3,6-7,9,11,15,24H,4-5,8,10H2,1-2H3/p+1/t11-,15-/m0/s1. The van der Waals surface area contributed by atoms with Gasteiger partial charge in [-0.1, -0.05) is 42.0 Å². The lowest BCUT2D eigenvalue weighted by Gasteiger charge is -2.34. The molecular formula is C18H22ClN4OS+. The van der Waals surface area contributed by atoms with Crippen molar-refractivity contribution in [1.82, 2.24) is 14.6 Å². The molecule has 1 unspecified atom stereocenters. The Kier molecular flexibility index (Phi) is 4.43. The smallest absolute Gasteiger partial charge is 0.235 e. The molecule has 0 amide bonds. The Morgan fingerprint density at radius 3 is 3.00 bits per heavy atom. The van der Waals surface area contributed by atoms with E-state index in [4.69, 9.17) is 11.6 Å². The molecule has 1 fully saturated rings. The maximum atomic E-state index is 10.8. The molecule has 2 aromatic heterocycles. The molecule has 0 saturated carbocycles. The van der Waals surface area contributed by atoms with Gasteiger partial charge in [-0.3, -0.25) is 0 Å². The number of quaternary nitrogens is 1. The molecule has 2 N–H and O–H groups in total. The SMILES string of the molecule is Cc1nc2sc([C@H](c3cccc(Cl)c3)[NH+]3CCC[C@H](C)C3)c(O)n2n1. The minimum absolute atomic E-state index is 0.0512. The van der Waals surface area contributed by atoms with Gasteiger partial charge in [-0.2, -0.15) is 4.52 Å². The van der Waals surface area contributed by atoms with Crippen molar-refractivity contribution in [2.45, 2.75) is 32.7 Å². The van der Waals surface area contributed by atoms with Gasteiger partial charge in [-0.25, -0.2) is 4.98 Å². The van der Waals surface area contributed by atoms with Gasteiger partial charge in [0.1, 0.15) is 10.7 Å². The van der Waals surface area contributed by atoms with Crippen LogP contribution < -0.4 is 4.90 Å². The summed E-state index contributed by atoms with van der Waals surface area (Å²) in [6.07, 6.45) is 2.47. The molecule has 0 spiro atoms. The highest BCUT2D eigenvalue weighted by atomic mass is 35.5. The van der Waals surface area contributed by atoms with Gasteiger partial charge >= 0.3 is 0 Å². The summed E-state index contributed by atoms with van der Waals surface area (Å²) in [6.45, 7) is 6.32.